The Morgan fingerprint density at radius 3 is 1.43 bits per heavy atom. The molecule has 0 bridgehead atoms. The second kappa shape index (κ2) is 3.20. The molecule has 0 aromatic heterocycles. The summed E-state index contributed by atoms with van der Waals surface area (Å²) in [6.07, 6.45) is 0. The molecule has 0 saturated heterocycles. The zero-order valence-corrected chi connectivity index (χ0v) is 7.41. The quantitative estimate of drug-likeness (QED) is 0.539. The lowest BCUT2D eigenvalue weighted by atomic mass is 10.9. The number of halogens is 2. The van der Waals surface area contributed by atoms with Gasteiger partial charge in [-0.2, -0.15) is 10.6 Å². The number of hydrogen-bond acceptors (Lipinski definition) is 0. The van der Waals surface area contributed by atoms with E-state index in [9.17, 15) is 0 Å². The van der Waals surface area contributed by atoms with Crippen molar-refractivity contribution in [3.05, 3.63) is 0 Å². The van der Waals surface area contributed by atoms with Gasteiger partial charge in [0.05, 0.1) is 0 Å². The van der Waals surface area contributed by atoms with E-state index < -0.39 is 11.2 Å². The molecule has 0 atom stereocenters. The predicted octanol–water partition coefficient (Wildman–Crippen LogP) is 2.95. The van der Waals surface area contributed by atoms with Crippen LogP contribution >= 0.6 is 20.1 Å². The first kappa shape index (κ1) is 8.11. The Hall–Kier alpha value is 1.11. The van der Waals surface area contributed by atoms with Crippen LogP contribution in [0.2, 0.25) is 10.6 Å². The molecule has 0 radical (unpaired) electrons. The van der Waals surface area contributed by atoms with Crippen molar-refractivity contribution in [2.45, 2.75) is 24.4 Å². The van der Waals surface area contributed by atoms with Crippen molar-refractivity contribution in [2.75, 3.05) is 0 Å². The first-order valence-corrected chi connectivity index (χ1v) is 7.79. The van der Waals surface area contributed by atoms with Gasteiger partial charge in [-0.15, -0.1) is 0 Å². The molecule has 0 aliphatic rings. The molecular weight excluding hydrogens is 146 g/mol. The summed E-state index contributed by atoms with van der Waals surface area (Å²) in [4.78, 5) is 0. The van der Waals surface area contributed by atoms with Gasteiger partial charge >= 0.3 is 11.2 Å². The minimum atomic E-state index is -1.95. The normalized spacial score (nSPS) is 12.0. The van der Waals surface area contributed by atoms with E-state index in [0.29, 0.717) is 0 Å². The van der Waals surface area contributed by atoms with Crippen molar-refractivity contribution in [2.24, 2.45) is 0 Å². The van der Waals surface area contributed by atoms with Crippen LogP contribution < -0.4 is 0 Å². The van der Waals surface area contributed by atoms with Gasteiger partial charge < -0.3 is 20.1 Å². The fourth-order valence-corrected chi connectivity index (χ4v) is 0.866. The highest BCUT2D eigenvalue weighted by atomic mass is 35.7. The van der Waals surface area contributed by atoms with E-state index in [1.807, 2.05) is 13.8 Å². The van der Waals surface area contributed by atoms with E-state index >= 15 is 0 Å². The third kappa shape index (κ3) is 3.67. The molecule has 0 fully saturated rings. The van der Waals surface area contributed by atoms with E-state index in [-0.39, 0.29) is 0 Å². The summed E-state index contributed by atoms with van der Waals surface area (Å²) in [6.45, 7) is 4.10. The van der Waals surface area contributed by atoms with Crippen molar-refractivity contribution in [1.29, 1.82) is 0 Å². The molecule has 0 unspecified atom stereocenters. The lowest BCUT2D eigenvalue weighted by molar-refractivity contribution is 1.33. The molecule has 3 heteroatoms. The van der Waals surface area contributed by atoms with Gasteiger partial charge in [-0.1, -0.05) is 13.8 Å². The maximum absolute atomic E-state index is 5.84. The highest BCUT2D eigenvalue weighted by Crippen LogP contribution is 2.23. The average Bonchev–Trinajstić information content (AvgIpc) is 1.68. The van der Waals surface area contributed by atoms with Gasteiger partial charge in [-0.3, -0.25) is 0 Å². The van der Waals surface area contributed by atoms with Crippen LogP contribution in [0, 0.1) is 0 Å². The average molecular weight is 156 g/mol. The van der Waals surface area contributed by atoms with Crippen molar-refractivity contribution in [1.82, 2.24) is 0 Å². The molecule has 0 amide bonds. The highest BCUT2D eigenvalue weighted by Gasteiger charge is 2.17. The van der Waals surface area contributed by atoms with Crippen molar-refractivity contribution < 1.29 is 0 Å². The summed E-state index contributed by atoms with van der Waals surface area (Å²) in [7, 11) is 11.7. The van der Waals surface area contributed by atoms with Crippen LogP contribution in [0.5, 0.6) is 0 Å². The molecule has 0 nitrogen and oxygen atoms in total. The minimum Gasteiger partial charge on any atom is -0.423 e. The summed E-state index contributed by atoms with van der Waals surface area (Å²) in [5.74, 6) is 0. The Bertz CT molecular complexity index is 47.7. The Morgan fingerprint density at radius 1 is 1.14 bits per heavy atom. The van der Waals surface area contributed by atoms with E-state index in [0.717, 1.165) is 10.6 Å². The molecule has 0 spiro atoms. The van der Waals surface area contributed by atoms with Gasteiger partial charge in [-0.05, 0) is 0 Å². The minimum absolute atomic E-state index is 0.993. The van der Waals surface area contributed by atoms with Crippen molar-refractivity contribution >= 4 is 31.3 Å². The molecule has 0 rings (SSSR count). The van der Waals surface area contributed by atoms with Crippen LogP contribution in [0.4, 0.5) is 0 Å². The maximum Gasteiger partial charge on any atom is 0.343 e. The second-order valence-corrected chi connectivity index (χ2v) is 11.1. The SMILES string of the molecule is C[CH2][Al-]([Cl])([Cl])[CH2]C. The summed E-state index contributed by atoms with van der Waals surface area (Å²) in [5, 5.41) is 1.99. The number of rotatable bonds is 2. The lowest BCUT2D eigenvalue weighted by Gasteiger charge is -2.15. The summed E-state index contributed by atoms with van der Waals surface area (Å²) >= 11 is -1.95. The van der Waals surface area contributed by atoms with Crippen molar-refractivity contribution in [3.8, 4) is 0 Å². The van der Waals surface area contributed by atoms with E-state index in [2.05, 4.69) is 0 Å². The fraction of sp³-hybridized carbons (Fsp3) is 1.00. The Kier molecular flexibility index (Phi) is 3.71. The molecule has 0 aliphatic heterocycles. The molecular formula is C4H10AlCl2-. The van der Waals surface area contributed by atoms with Crippen LogP contribution in [0.3, 0.4) is 0 Å². The molecule has 0 saturated carbocycles. The number of hydrogen-bond donors (Lipinski definition) is 0. The molecule has 0 N–H and O–H groups in total. The van der Waals surface area contributed by atoms with E-state index in [1.54, 1.807) is 0 Å². The third-order valence-electron chi connectivity index (χ3n) is 1.19. The van der Waals surface area contributed by atoms with Gasteiger partial charge in [0.15, 0.2) is 0 Å². The molecule has 0 heterocycles. The Morgan fingerprint density at radius 2 is 1.43 bits per heavy atom. The van der Waals surface area contributed by atoms with Crippen LogP contribution in [0.15, 0.2) is 0 Å². The fourth-order valence-electron chi connectivity index (χ4n) is 0.289. The van der Waals surface area contributed by atoms with Crippen LogP contribution in [-0.2, 0) is 0 Å². The monoisotopic (exact) mass is 155 g/mol. The van der Waals surface area contributed by atoms with Gasteiger partial charge in [0.25, 0.3) is 0 Å². The summed E-state index contributed by atoms with van der Waals surface area (Å²) in [6, 6.07) is 0. The van der Waals surface area contributed by atoms with Crippen molar-refractivity contribution in [3.63, 3.8) is 0 Å². The molecule has 0 aliphatic carbocycles. The Labute approximate surface area is 55.9 Å². The first-order valence-electron chi connectivity index (χ1n) is 2.67. The standard InChI is InChI=1S/2C2H5.Al.2ClH/c2*1-2;;;/h2*1H2,2H3;;2*1H/q;;+1;;/p-2. The predicted molar refractivity (Wildman–Crippen MR) is 38.4 cm³/mol. The first-order chi connectivity index (χ1) is 3.12. The summed E-state index contributed by atoms with van der Waals surface area (Å²) in [5.41, 5.74) is 0. The smallest absolute Gasteiger partial charge is 0.343 e. The van der Waals surface area contributed by atoms with Gasteiger partial charge in [-0.25, -0.2) is 0 Å². The van der Waals surface area contributed by atoms with E-state index in [4.69, 9.17) is 20.1 Å². The molecule has 7 heavy (non-hydrogen) atoms. The highest BCUT2D eigenvalue weighted by molar-refractivity contribution is 7.45. The van der Waals surface area contributed by atoms with Crippen LogP contribution in [0.25, 0.3) is 0 Å². The molecule has 0 aromatic carbocycles. The lowest BCUT2D eigenvalue weighted by Crippen LogP contribution is -2.13. The topological polar surface area (TPSA) is 0 Å². The zero-order chi connectivity index (χ0) is 5.91. The molecule has 0 aromatic rings. The Balaban J connectivity index is 3.36. The second-order valence-electron chi connectivity index (χ2n) is 1.80. The maximum atomic E-state index is 5.84. The van der Waals surface area contributed by atoms with Gasteiger partial charge in [0.1, 0.15) is 0 Å². The van der Waals surface area contributed by atoms with Crippen LogP contribution in [-0.4, -0.2) is 11.2 Å². The van der Waals surface area contributed by atoms with E-state index in [1.165, 1.54) is 0 Å². The molecule has 44 valence electrons. The largest absolute Gasteiger partial charge is 0.423 e. The van der Waals surface area contributed by atoms with Crippen LogP contribution in [0.1, 0.15) is 13.8 Å². The summed E-state index contributed by atoms with van der Waals surface area (Å²) < 4.78 is 0. The third-order valence-corrected chi connectivity index (χ3v) is 7.29. The van der Waals surface area contributed by atoms with Gasteiger partial charge in [0, 0.05) is 0 Å². The van der Waals surface area contributed by atoms with Gasteiger partial charge in [0.2, 0.25) is 0 Å². The zero-order valence-electron chi connectivity index (χ0n) is 4.75.